The number of benzene rings is 2. The fourth-order valence-electron chi connectivity index (χ4n) is 3.50. The zero-order chi connectivity index (χ0) is 22.2. The highest BCUT2D eigenvalue weighted by atomic mass is 32.2. The van der Waals surface area contributed by atoms with Crippen LogP contribution >= 0.6 is 0 Å². The molecule has 164 valence electrons. The first-order valence-electron chi connectivity index (χ1n) is 10.2. The summed E-state index contributed by atoms with van der Waals surface area (Å²) in [5, 5.41) is 2.78. The Bertz CT molecular complexity index is 1140. The minimum Gasteiger partial charge on any atom is -0.493 e. The van der Waals surface area contributed by atoms with E-state index in [1.165, 1.54) is 18.2 Å². The Kier molecular flexibility index (Phi) is 5.62. The summed E-state index contributed by atoms with van der Waals surface area (Å²) in [7, 11) is -2.35. The van der Waals surface area contributed by atoms with Crippen molar-refractivity contribution in [3.63, 3.8) is 0 Å². The van der Waals surface area contributed by atoms with E-state index in [1.807, 2.05) is 13.0 Å². The van der Waals surface area contributed by atoms with Crippen LogP contribution in [0.5, 0.6) is 11.5 Å². The van der Waals surface area contributed by atoms with Crippen LogP contribution in [0.1, 0.15) is 52.5 Å². The quantitative estimate of drug-likeness (QED) is 0.672. The van der Waals surface area contributed by atoms with Gasteiger partial charge in [-0.1, -0.05) is 13.0 Å². The molecule has 2 aromatic rings. The molecule has 1 fully saturated rings. The number of methoxy groups -OCH3 is 1. The lowest BCUT2D eigenvalue weighted by Gasteiger charge is -2.13. The van der Waals surface area contributed by atoms with Crippen molar-refractivity contribution in [2.45, 2.75) is 43.7 Å². The Morgan fingerprint density at radius 2 is 1.94 bits per heavy atom. The van der Waals surface area contributed by atoms with Gasteiger partial charge in [0.1, 0.15) is 4.90 Å². The second kappa shape index (κ2) is 8.22. The summed E-state index contributed by atoms with van der Waals surface area (Å²) in [6, 6.07) is 9.30. The van der Waals surface area contributed by atoms with Crippen LogP contribution in [0.4, 0.5) is 0 Å². The number of rotatable bonds is 8. The number of hydrogen-bond acceptors (Lipinski definition) is 6. The zero-order valence-electron chi connectivity index (χ0n) is 17.4. The summed E-state index contributed by atoms with van der Waals surface area (Å²) < 4.78 is 37.4. The Morgan fingerprint density at radius 1 is 1.16 bits per heavy atom. The van der Waals surface area contributed by atoms with Crippen molar-refractivity contribution in [3.05, 3.63) is 53.1 Å². The maximum Gasteiger partial charge on any atom is 0.269 e. The third-order valence-corrected chi connectivity index (χ3v) is 7.11. The molecule has 0 radical (unpaired) electrons. The fraction of sp³-hybridized carbons (Fsp3) is 0.364. The minimum atomic E-state index is -3.90. The Hall–Kier alpha value is -3.07. The van der Waals surface area contributed by atoms with Gasteiger partial charge in [-0.05, 0) is 55.2 Å². The van der Waals surface area contributed by atoms with Crippen molar-refractivity contribution in [2.24, 2.45) is 0 Å². The number of carbonyl (C=O) groups is 2. The van der Waals surface area contributed by atoms with Crippen molar-refractivity contribution in [2.75, 3.05) is 13.7 Å². The molecule has 1 N–H and O–H groups in total. The van der Waals surface area contributed by atoms with Crippen molar-refractivity contribution < 1.29 is 27.5 Å². The SMILES string of the molecule is CCCOc1ccc(CNC(=O)c2ccc3c(c2)S(=O)(=O)N(C2CC2)C3=O)cc1OC. The molecule has 0 unspecified atom stereocenters. The van der Waals surface area contributed by atoms with E-state index in [1.54, 1.807) is 19.2 Å². The smallest absolute Gasteiger partial charge is 0.269 e. The van der Waals surface area contributed by atoms with E-state index < -0.39 is 21.8 Å². The van der Waals surface area contributed by atoms with Gasteiger partial charge in [-0.15, -0.1) is 0 Å². The number of fused-ring (bicyclic) bond motifs is 1. The Morgan fingerprint density at radius 3 is 2.61 bits per heavy atom. The van der Waals surface area contributed by atoms with E-state index in [9.17, 15) is 18.0 Å². The minimum absolute atomic E-state index is 0.101. The third kappa shape index (κ3) is 3.97. The van der Waals surface area contributed by atoms with E-state index >= 15 is 0 Å². The molecular weight excluding hydrogens is 420 g/mol. The molecule has 0 atom stereocenters. The molecule has 1 aliphatic carbocycles. The highest BCUT2D eigenvalue weighted by Gasteiger charge is 2.48. The van der Waals surface area contributed by atoms with Gasteiger partial charge in [0.15, 0.2) is 11.5 Å². The van der Waals surface area contributed by atoms with E-state index in [4.69, 9.17) is 9.47 Å². The number of ether oxygens (including phenoxy) is 2. The normalized spacial score (nSPS) is 16.7. The maximum absolute atomic E-state index is 12.8. The molecule has 2 amide bonds. The summed E-state index contributed by atoms with van der Waals surface area (Å²) >= 11 is 0. The lowest BCUT2D eigenvalue weighted by Crippen LogP contribution is -2.32. The van der Waals surface area contributed by atoms with Crippen molar-refractivity contribution in [1.29, 1.82) is 0 Å². The predicted octanol–water partition coefficient (Wildman–Crippen LogP) is 2.72. The van der Waals surface area contributed by atoms with Crippen molar-refractivity contribution >= 4 is 21.8 Å². The summed E-state index contributed by atoms with van der Waals surface area (Å²) in [6.07, 6.45) is 2.23. The molecule has 4 rings (SSSR count). The molecule has 0 spiro atoms. The summed E-state index contributed by atoms with van der Waals surface area (Å²) in [5.74, 6) is 0.262. The van der Waals surface area contributed by atoms with Crippen LogP contribution in [-0.2, 0) is 16.6 Å². The molecule has 31 heavy (non-hydrogen) atoms. The van der Waals surface area contributed by atoms with E-state index in [0.29, 0.717) is 30.9 Å². The molecule has 0 bridgehead atoms. The van der Waals surface area contributed by atoms with Gasteiger partial charge in [-0.2, -0.15) is 0 Å². The first-order valence-corrected chi connectivity index (χ1v) is 11.6. The number of nitrogens with zero attached hydrogens (tertiary/aromatic N) is 1. The molecule has 1 heterocycles. The monoisotopic (exact) mass is 444 g/mol. The van der Waals surface area contributed by atoms with Gasteiger partial charge in [0.2, 0.25) is 0 Å². The Labute approximate surface area is 181 Å². The van der Waals surface area contributed by atoms with E-state index in [-0.39, 0.29) is 28.6 Å². The summed E-state index contributed by atoms with van der Waals surface area (Å²) in [6.45, 7) is 2.81. The molecular formula is C22H24N2O6S. The standard InChI is InChI=1S/C22H24N2O6S/c1-3-10-30-18-9-4-14(11-19(18)29-2)13-23-21(25)15-5-8-17-20(12-15)31(27,28)24(22(17)26)16-6-7-16/h4-5,8-9,11-12,16H,3,6-7,10,13H2,1-2H3,(H,23,25). The highest BCUT2D eigenvalue weighted by Crippen LogP contribution is 2.39. The van der Waals surface area contributed by atoms with Crippen LogP contribution in [0.15, 0.2) is 41.3 Å². The third-order valence-electron chi connectivity index (χ3n) is 5.23. The summed E-state index contributed by atoms with van der Waals surface area (Å²) in [4.78, 5) is 25.0. The van der Waals surface area contributed by atoms with Crippen LogP contribution in [0.25, 0.3) is 0 Å². The Balaban J connectivity index is 1.48. The second-order valence-corrected chi connectivity index (χ2v) is 9.35. The predicted molar refractivity (Wildman–Crippen MR) is 113 cm³/mol. The maximum atomic E-state index is 12.8. The fourth-order valence-corrected chi connectivity index (χ4v) is 5.34. The van der Waals surface area contributed by atoms with Crippen molar-refractivity contribution in [3.8, 4) is 11.5 Å². The molecule has 9 heteroatoms. The summed E-state index contributed by atoms with van der Waals surface area (Å²) in [5.41, 5.74) is 1.11. The van der Waals surface area contributed by atoms with Crippen LogP contribution in [0, 0.1) is 0 Å². The van der Waals surface area contributed by atoms with Crippen LogP contribution in [0.3, 0.4) is 0 Å². The first-order chi connectivity index (χ1) is 14.9. The topological polar surface area (TPSA) is 102 Å². The van der Waals surface area contributed by atoms with Gasteiger partial charge in [0, 0.05) is 18.2 Å². The highest BCUT2D eigenvalue weighted by molar-refractivity contribution is 7.90. The van der Waals surface area contributed by atoms with Crippen LogP contribution in [0.2, 0.25) is 0 Å². The van der Waals surface area contributed by atoms with Gasteiger partial charge in [0.05, 0.1) is 19.3 Å². The van der Waals surface area contributed by atoms with Gasteiger partial charge in [-0.25, -0.2) is 12.7 Å². The molecule has 0 saturated heterocycles. The van der Waals surface area contributed by atoms with Gasteiger partial charge < -0.3 is 14.8 Å². The first kappa shape index (κ1) is 21.2. The average molecular weight is 445 g/mol. The zero-order valence-corrected chi connectivity index (χ0v) is 18.2. The molecule has 0 aromatic heterocycles. The second-order valence-electron chi connectivity index (χ2n) is 7.56. The van der Waals surface area contributed by atoms with E-state index in [2.05, 4.69) is 5.32 Å². The lowest BCUT2D eigenvalue weighted by molar-refractivity contribution is 0.0863. The number of hydrogen-bond donors (Lipinski definition) is 1. The van der Waals surface area contributed by atoms with Crippen LogP contribution in [-0.4, -0.2) is 44.3 Å². The number of sulfonamides is 1. The van der Waals surface area contributed by atoms with Gasteiger partial charge in [-0.3, -0.25) is 9.59 Å². The number of carbonyl (C=O) groups excluding carboxylic acids is 2. The van der Waals surface area contributed by atoms with Gasteiger partial charge in [0.25, 0.3) is 21.8 Å². The molecule has 2 aliphatic rings. The van der Waals surface area contributed by atoms with Crippen molar-refractivity contribution in [1.82, 2.24) is 9.62 Å². The lowest BCUT2D eigenvalue weighted by atomic mass is 10.1. The number of amides is 2. The van der Waals surface area contributed by atoms with E-state index in [0.717, 1.165) is 16.3 Å². The molecule has 8 nitrogen and oxygen atoms in total. The largest absolute Gasteiger partial charge is 0.493 e. The number of nitrogens with one attached hydrogen (secondary N) is 1. The molecule has 1 aliphatic heterocycles. The molecule has 1 saturated carbocycles. The van der Waals surface area contributed by atoms with Crippen LogP contribution < -0.4 is 14.8 Å². The van der Waals surface area contributed by atoms with Gasteiger partial charge >= 0.3 is 0 Å². The molecule has 2 aromatic carbocycles. The average Bonchev–Trinajstić information content (AvgIpc) is 3.57.